The smallest absolute Gasteiger partial charge is 0.220 e. The number of rotatable bonds is 4. The van der Waals surface area contributed by atoms with E-state index in [1.807, 2.05) is 18.2 Å². The molecule has 2 aliphatic heterocycles. The van der Waals surface area contributed by atoms with E-state index >= 15 is 0 Å². The molecule has 2 aliphatic rings. The van der Waals surface area contributed by atoms with E-state index in [2.05, 4.69) is 16.7 Å². The van der Waals surface area contributed by atoms with Gasteiger partial charge in [-0.1, -0.05) is 18.2 Å². The first-order valence-corrected chi connectivity index (χ1v) is 8.02. The molecule has 1 unspecified atom stereocenters. The zero-order chi connectivity index (χ0) is 14.5. The molecule has 0 aliphatic carbocycles. The van der Waals surface area contributed by atoms with E-state index in [-0.39, 0.29) is 24.4 Å². The second-order valence-corrected chi connectivity index (χ2v) is 6.12. The predicted octanol–water partition coefficient (Wildman–Crippen LogP) is 2.31. The number of benzene rings is 1. The van der Waals surface area contributed by atoms with E-state index in [4.69, 9.17) is 4.74 Å². The lowest BCUT2D eigenvalue weighted by atomic mass is 9.93. The van der Waals surface area contributed by atoms with Crippen LogP contribution in [0.5, 0.6) is 5.75 Å². The normalized spacial score (nSPS) is 21.2. The first-order chi connectivity index (χ1) is 10.3. The Morgan fingerprint density at radius 1 is 1.27 bits per heavy atom. The third kappa shape index (κ3) is 4.62. The Hall–Kier alpha value is -1.26. The molecule has 22 heavy (non-hydrogen) atoms. The Labute approximate surface area is 138 Å². The molecule has 3 rings (SSSR count). The van der Waals surface area contributed by atoms with Crippen LogP contribution in [0, 0.1) is 5.92 Å². The molecular weight excluding hydrogens is 300 g/mol. The van der Waals surface area contributed by atoms with Crippen LogP contribution in [0.2, 0.25) is 0 Å². The first kappa shape index (κ1) is 17.1. The van der Waals surface area contributed by atoms with Crippen LogP contribution >= 0.6 is 12.4 Å². The molecule has 1 fully saturated rings. The molecule has 0 spiro atoms. The predicted molar refractivity (Wildman–Crippen MR) is 89.6 cm³/mol. The van der Waals surface area contributed by atoms with Gasteiger partial charge < -0.3 is 15.4 Å². The summed E-state index contributed by atoms with van der Waals surface area (Å²) in [6.45, 7) is 2.77. The van der Waals surface area contributed by atoms with E-state index in [1.54, 1.807) is 0 Å². The summed E-state index contributed by atoms with van der Waals surface area (Å²) in [5, 5.41) is 6.48. The van der Waals surface area contributed by atoms with Crippen molar-refractivity contribution >= 4 is 18.3 Å². The highest BCUT2D eigenvalue weighted by Gasteiger charge is 2.21. The van der Waals surface area contributed by atoms with Crippen LogP contribution in [-0.4, -0.2) is 31.6 Å². The van der Waals surface area contributed by atoms with E-state index < -0.39 is 0 Å². The van der Waals surface area contributed by atoms with E-state index in [0.717, 1.165) is 31.7 Å². The van der Waals surface area contributed by atoms with Crippen LogP contribution in [0.4, 0.5) is 0 Å². The molecule has 0 radical (unpaired) electrons. The summed E-state index contributed by atoms with van der Waals surface area (Å²) in [7, 11) is 0. The summed E-state index contributed by atoms with van der Waals surface area (Å²) < 4.78 is 5.71. The molecule has 122 valence electrons. The third-order valence-electron chi connectivity index (χ3n) is 4.48. The third-order valence-corrected chi connectivity index (χ3v) is 4.48. The number of ether oxygens (including phenoxy) is 1. The van der Waals surface area contributed by atoms with Crippen molar-refractivity contribution in [2.75, 3.05) is 19.7 Å². The Bertz CT molecular complexity index is 489. The van der Waals surface area contributed by atoms with Crippen LogP contribution in [0.15, 0.2) is 24.3 Å². The average Bonchev–Trinajstić information content (AvgIpc) is 2.54. The number of piperidine rings is 1. The van der Waals surface area contributed by atoms with E-state index in [1.165, 1.54) is 18.4 Å². The van der Waals surface area contributed by atoms with Crippen LogP contribution in [0.25, 0.3) is 0 Å². The number of carbonyl (C=O) groups excluding carboxylic acids is 1. The van der Waals surface area contributed by atoms with Crippen molar-refractivity contribution < 1.29 is 9.53 Å². The van der Waals surface area contributed by atoms with Gasteiger partial charge >= 0.3 is 0 Å². The van der Waals surface area contributed by atoms with Crippen LogP contribution in [-0.2, 0) is 11.2 Å². The van der Waals surface area contributed by atoms with Gasteiger partial charge in [-0.2, -0.15) is 0 Å². The van der Waals surface area contributed by atoms with Crippen molar-refractivity contribution in [3.05, 3.63) is 29.8 Å². The highest BCUT2D eigenvalue weighted by atomic mass is 35.5. The van der Waals surface area contributed by atoms with Gasteiger partial charge in [-0.15, -0.1) is 12.4 Å². The Balaban J connectivity index is 0.00000176. The largest absolute Gasteiger partial charge is 0.491 e. The summed E-state index contributed by atoms with van der Waals surface area (Å²) in [4.78, 5) is 12.1. The fraction of sp³-hybridized carbons (Fsp3) is 0.588. The second kappa shape index (κ2) is 8.39. The van der Waals surface area contributed by atoms with Gasteiger partial charge in [0.2, 0.25) is 5.91 Å². The van der Waals surface area contributed by atoms with Gasteiger partial charge in [-0.3, -0.25) is 4.79 Å². The highest BCUT2D eigenvalue weighted by Crippen LogP contribution is 2.24. The molecule has 1 aromatic rings. The number of halogens is 1. The maximum atomic E-state index is 12.1. The fourth-order valence-electron chi connectivity index (χ4n) is 3.23. The number of fused-ring (bicyclic) bond motifs is 1. The molecule has 5 heteroatoms. The monoisotopic (exact) mass is 324 g/mol. The van der Waals surface area contributed by atoms with Crippen molar-refractivity contribution in [3.8, 4) is 5.75 Å². The first-order valence-electron chi connectivity index (χ1n) is 8.02. The van der Waals surface area contributed by atoms with Crippen LogP contribution in [0.1, 0.15) is 31.2 Å². The van der Waals surface area contributed by atoms with Crippen LogP contribution < -0.4 is 15.4 Å². The minimum absolute atomic E-state index is 0. The van der Waals surface area contributed by atoms with Gasteiger partial charge in [-0.05, 0) is 56.3 Å². The van der Waals surface area contributed by atoms with Gasteiger partial charge in [0.25, 0.3) is 0 Å². The van der Waals surface area contributed by atoms with Crippen molar-refractivity contribution in [1.82, 2.24) is 10.6 Å². The standard InChI is InChI=1S/C17H24N2O2.ClH/c20-17(6-5-13-7-9-18-10-8-13)19-15-11-14-3-1-2-4-16(14)21-12-15;/h1-4,13,15,18H,5-12H2,(H,19,20);1H. The number of amides is 1. The summed E-state index contributed by atoms with van der Waals surface area (Å²) in [6.07, 6.45) is 4.93. The summed E-state index contributed by atoms with van der Waals surface area (Å²) in [5.74, 6) is 1.83. The zero-order valence-corrected chi connectivity index (χ0v) is 13.7. The highest BCUT2D eigenvalue weighted by molar-refractivity contribution is 5.85. The zero-order valence-electron chi connectivity index (χ0n) is 12.8. The van der Waals surface area contributed by atoms with Crippen molar-refractivity contribution in [2.24, 2.45) is 5.92 Å². The molecule has 0 aromatic heterocycles. The topological polar surface area (TPSA) is 50.4 Å². The summed E-state index contributed by atoms with van der Waals surface area (Å²) >= 11 is 0. The molecule has 1 amide bonds. The lowest BCUT2D eigenvalue weighted by Crippen LogP contribution is -2.42. The van der Waals surface area contributed by atoms with Gasteiger partial charge in [0.15, 0.2) is 0 Å². The van der Waals surface area contributed by atoms with Crippen LogP contribution in [0.3, 0.4) is 0 Å². The number of carbonyl (C=O) groups is 1. The molecular formula is C17H25ClN2O2. The molecule has 4 nitrogen and oxygen atoms in total. The Morgan fingerprint density at radius 3 is 2.86 bits per heavy atom. The second-order valence-electron chi connectivity index (χ2n) is 6.12. The van der Waals surface area contributed by atoms with Crippen molar-refractivity contribution in [1.29, 1.82) is 0 Å². The molecule has 1 saturated heterocycles. The quantitative estimate of drug-likeness (QED) is 0.893. The lowest BCUT2D eigenvalue weighted by molar-refractivity contribution is -0.122. The number of hydrogen-bond acceptors (Lipinski definition) is 3. The maximum absolute atomic E-state index is 12.1. The summed E-state index contributed by atoms with van der Waals surface area (Å²) in [5.41, 5.74) is 1.19. The Morgan fingerprint density at radius 2 is 2.05 bits per heavy atom. The lowest BCUT2D eigenvalue weighted by Gasteiger charge is -2.26. The minimum Gasteiger partial charge on any atom is -0.491 e. The van der Waals surface area contributed by atoms with Crippen molar-refractivity contribution in [2.45, 2.75) is 38.1 Å². The minimum atomic E-state index is 0. The molecule has 0 bridgehead atoms. The molecule has 1 aromatic carbocycles. The average molecular weight is 325 g/mol. The number of hydrogen-bond donors (Lipinski definition) is 2. The Kier molecular flexibility index (Phi) is 6.52. The SMILES string of the molecule is Cl.O=C(CCC1CCNCC1)NC1COc2ccccc2C1. The fourth-order valence-corrected chi connectivity index (χ4v) is 3.23. The van der Waals surface area contributed by atoms with E-state index in [9.17, 15) is 4.79 Å². The molecule has 2 heterocycles. The van der Waals surface area contributed by atoms with Gasteiger partial charge in [0, 0.05) is 6.42 Å². The molecule has 0 saturated carbocycles. The van der Waals surface area contributed by atoms with Gasteiger partial charge in [0.05, 0.1) is 6.04 Å². The van der Waals surface area contributed by atoms with Crippen molar-refractivity contribution in [3.63, 3.8) is 0 Å². The molecule has 2 N–H and O–H groups in total. The number of para-hydroxylation sites is 1. The summed E-state index contributed by atoms with van der Waals surface area (Å²) in [6, 6.07) is 8.17. The van der Waals surface area contributed by atoms with Gasteiger partial charge in [-0.25, -0.2) is 0 Å². The van der Waals surface area contributed by atoms with Gasteiger partial charge in [0.1, 0.15) is 12.4 Å². The van der Waals surface area contributed by atoms with E-state index in [0.29, 0.717) is 18.9 Å². The molecule has 1 atom stereocenters. The maximum Gasteiger partial charge on any atom is 0.220 e. The number of nitrogens with one attached hydrogen (secondary N) is 2.